The van der Waals surface area contributed by atoms with Gasteiger partial charge in [-0.05, 0) is 74.1 Å². The molecule has 198 valence electrons. The number of anilines is 1. The maximum absolute atomic E-state index is 15.6. The van der Waals surface area contributed by atoms with Crippen LogP contribution in [0.25, 0.3) is 22.0 Å². The quantitative estimate of drug-likeness (QED) is 0.432. The number of carbonyl (C=O) groups is 3. The second-order valence-electron chi connectivity index (χ2n) is 11.1. The van der Waals surface area contributed by atoms with Crippen molar-refractivity contribution in [2.45, 2.75) is 69.9 Å². The first kappa shape index (κ1) is 24.5. The molecule has 1 spiro atoms. The number of nitrogens with one attached hydrogen (secondary N) is 1. The Hall–Kier alpha value is -3.88. The second kappa shape index (κ2) is 9.15. The summed E-state index contributed by atoms with van der Waals surface area (Å²) in [5.41, 5.74) is 14.0. The van der Waals surface area contributed by atoms with E-state index in [1.807, 2.05) is 24.3 Å². The number of amides is 2. The first-order chi connectivity index (χ1) is 18.2. The molecule has 3 aliphatic rings. The molecule has 5 N–H and O–H groups in total. The number of para-hydroxylation sites is 1. The Balaban J connectivity index is 1.42. The summed E-state index contributed by atoms with van der Waals surface area (Å²) in [7, 11) is 0. The van der Waals surface area contributed by atoms with Crippen LogP contribution in [0.15, 0.2) is 36.4 Å². The largest absolute Gasteiger partial charge is 0.446 e. The van der Waals surface area contributed by atoms with Gasteiger partial charge in [0, 0.05) is 29.1 Å². The zero-order chi connectivity index (χ0) is 26.6. The summed E-state index contributed by atoms with van der Waals surface area (Å²) >= 11 is 0. The molecule has 2 amide bonds. The summed E-state index contributed by atoms with van der Waals surface area (Å²) < 4.78 is 22.5. The number of fused-ring (bicyclic) bond motifs is 3. The van der Waals surface area contributed by atoms with Crippen LogP contribution in [0, 0.1) is 11.2 Å². The zero-order valence-electron chi connectivity index (χ0n) is 21.1. The molecule has 6 rings (SSSR count). The van der Waals surface area contributed by atoms with Crippen LogP contribution >= 0.6 is 0 Å². The van der Waals surface area contributed by atoms with Gasteiger partial charge in [0.1, 0.15) is 11.9 Å². The van der Waals surface area contributed by atoms with Crippen molar-refractivity contribution in [2.75, 3.05) is 5.32 Å². The molecular formula is C29H31FN4O4. The third kappa shape index (κ3) is 4.10. The molecule has 0 atom stereocenters. The van der Waals surface area contributed by atoms with E-state index in [0.717, 1.165) is 47.8 Å². The van der Waals surface area contributed by atoms with Crippen molar-refractivity contribution >= 4 is 34.5 Å². The Labute approximate surface area is 219 Å². The standard InChI is InChI=1S/C29H31FN4O4/c30-20-12-16(13-21(26(20)27(31)36)33-17-6-8-18(9-7-17)38-28(32)37)25-19-4-1-2-5-22(19)34-23(25)14-29(10-3-11-29)15-24(34)35/h1-2,4-5,12-13,17-18,33H,3,6-11,14-15H2,(H2,31,36)(H2,32,37). The van der Waals surface area contributed by atoms with Crippen molar-refractivity contribution in [3.8, 4) is 11.1 Å². The van der Waals surface area contributed by atoms with Gasteiger partial charge in [0.05, 0.1) is 16.8 Å². The van der Waals surface area contributed by atoms with E-state index in [9.17, 15) is 14.4 Å². The fourth-order valence-corrected chi connectivity index (χ4v) is 6.74. The van der Waals surface area contributed by atoms with E-state index in [-0.39, 0.29) is 29.0 Å². The normalized spacial score (nSPS) is 22.1. The van der Waals surface area contributed by atoms with Gasteiger partial charge in [0.25, 0.3) is 5.91 Å². The second-order valence-corrected chi connectivity index (χ2v) is 11.1. The highest BCUT2D eigenvalue weighted by atomic mass is 19.1. The molecule has 2 fully saturated rings. The highest BCUT2D eigenvalue weighted by Crippen LogP contribution is 2.52. The zero-order valence-corrected chi connectivity index (χ0v) is 21.1. The lowest BCUT2D eigenvalue weighted by Gasteiger charge is -2.44. The lowest BCUT2D eigenvalue weighted by atomic mass is 9.62. The number of benzene rings is 2. The number of nitrogens with zero attached hydrogens (tertiary/aromatic N) is 1. The minimum atomic E-state index is -0.852. The molecule has 2 heterocycles. The monoisotopic (exact) mass is 518 g/mol. The van der Waals surface area contributed by atoms with Crippen LogP contribution in [0.1, 0.15) is 72.2 Å². The molecule has 3 aromatic rings. The molecular weight excluding hydrogens is 487 g/mol. The SMILES string of the molecule is NC(=O)OC1CCC(Nc2cc(-c3c4n(c5ccccc35)C(=O)CC3(CCC3)C4)cc(F)c2C(N)=O)CC1. The number of hydrogen-bond donors (Lipinski definition) is 3. The van der Waals surface area contributed by atoms with Crippen molar-refractivity contribution in [2.24, 2.45) is 16.9 Å². The fourth-order valence-electron chi connectivity index (χ4n) is 6.74. The van der Waals surface area contributed by atoms with E-state index in [2.05, 4.69) is 5.32 Å². The van der Waals surface area contributed by atoms with Gasteiger partial charge in [-0.1, -0.05) is 24.6 Å². The van der Waals surface area contributed by atoms with E-state index in [1.54, 1.807) is 10.6 Å². The smallest absolute Gasteiger partial charge is 0.404 e. The summed E-state index contributed by atoms with van der Waals surface area (Å²) in [4.78, 5) is 36.8. The minimum absolute atomic E-state index is 0.0192. The molecule has 2 aliphatic carbocycles. The molecule has 2 saturated carbocycles. The average molecular weight is 519 g/mol. The third-order valence-corrected chi connectivity index (χ3v) is 8.65. The molecule has 0 saturated heterocycles. The topological polar surface area (TPSA) is 129 Å². The predicted molar refractivity (Wildman–Crippen MR) is 141 cm³/mol. The molecule has 8 nitrogen and oxygen atoms in total. The highest BCUT2D eigenvalue weighted by Gasteiger charge is 2.45. The Morgan fingerprint density at radius 3 is 2.45 bits per heavy atom. The molecule has 0 radical (unpaired) electrons. The number of aromatic nitrogens is 1. The van der Waals surface area contributed by atoms with Gasteiger partial charge in [-0.25, -0.2) is 9.18 Å². The first-order valence-electron chi connectivity index (χ1n) is 13.3. The molecule has 1 aliphatic heterocycles. The van der Waals surface area contributed by atoms with Crippen molar-refractivity contribution in [1.29, 1.82) is 0 Å². The van der Waals surface area contributed by atoms with Gasteiger partial charge in [0.2, 0.25) is 5.91 Å². The summed E-state index contributed by atoms with van der Waals surface area (Å²) in [6, 6.07) is 10.8. The van der Waals surface area contributed by atoms with Gasteiger partial charge in [-0.3, -0.25) is 14.2 Å². The van der Waals surface area contributed by atoms with Crippen LogP contribution in [-0.2, 0) is 11.2 Å². The van der Waals surface area contributed by atoms with Crippen molar-refractivity contribution in [1.82, 2.24) is 4.57 Å². The molecule has 9 heteroatoms. The first-order valence-corrected chi connectivity index (χ1v) is 13.3. The predicted octanol–water partition coefficient (Wildman–Crippen LogP) is 5.12. The van der Waals surface area contributed by atoms with E-state index in [1.165, 1.54) is 6.07 Å². The van der Waals surface area contributed by atoms with E-state index in [4.69, 9.17) is 16.2 Å². The van der Waals surface area contributed by atoms with Gasteiger partial charge in [-0.15, -0.1) is 0 Å². The number of carbonyl (C=O) groups excluding carboxylic acids is 3. The lowest BCUT2D eigenvalue weighted by molar-refractivity contribution is 0.0600. The van der Waals surface area contributed by atoms with E-state index >= 15 is 4.39 Å². The maximum atomic E-state index is 15.6. The Bertz CT molecular complexity index is 1470. The number of primary amides is 2. The van der Waals surface area contributed by atoms with Gasteiger partial charge >= 0.3 is 6.09 Å². The van der Waals surface area contributed by atoms with E-state index in [0.29, 0.717) is 43.4 Å². The van der Waals surface area contributed by atoms with Crippen molar-refractivity contribution < 1.29 is 23.5 Å². The number of rotatable bonds is 5. The summed E-state index contributed by atoms with van der Waals surface area (Å²) in [6.45, 7) is 0. The van der Waals surface area contributed by atoms with Gasteiger partial charge < -0.3 is 21.5 Å². The number of nitrogens with two attached hydrogens (primary N) is 2. The number of halogens is 1. The Kier molecular flexibility index (Phi) is 5.89. The summed E-state index contributed by atoms with van der Waals surface area (Å²) in [6.07, 6.45) is 5.92. The van der Waals surface area contributed by atoms with E-state index < -0.39 is 17.8 Å². The maximum Gasteiger partial charge on any atom is 0.404 e. The molecule has 1 aromatic heterocycles. The third-order valence-electron chi connectivity index (χ3n) is 8.65. The van der Waals surface area contributed by atoms with Crippen LogP contribution in [-0.4, -0.2) is 34.6 Å². The van der Waals surface area contributed by atoms with Crippen LogP contribution < -0.4 is 16.8 Å². The van der Waals surface area contributed by atoms with Crippen molar-refractivity contribution in [3.63, 3.8) is 0 Å². The fraction of sp³-hybridized carbons (Fsp3) is 0.414. The summed E-state index contributed by atoms with van der Waals surface area (Å²) in [5, 5.41) is 4.22. The molecule has 0 bridgehead atoms. The van der Waals surface area contributed by atoms with Crippen LogP contribution in [0.3, 0.4) is 0 Å². The van der Waals surface area contributed by atoms with Crippen LogP contribution in [0.4, 0.5) is 14.9 Å². The molecule has 2 aromatic carbocycles. The number of hydrogen-bond acceptors (Lipinski definition) is 5. The van der Waals surface area contributed by atoms with Crippen LogP contribution in [0.2, 0.25) is 0 Å². The summed E-state index contributed by atoms with van der Waals surface area (Å²) in [5.74, 6) is -1.47. The highest BCUT2D eigenvalue weighted by molar-refractivity contribution is 6.06. The molecule has 0 unspecified atom stereocenters. The van der Waals surface area contributed by atoms with Gasteiger partial charge in [0.15, 0.2) is 0 Å². The van der Waals surface area contributed by atoms with Crippen molar-refractivity contribution in [3.05, 3.63) is 53.5 Å². The number of ether oxygens (including phenoxy) is 1. The lowest BCUT2D eigenvalue weighted by Crippen LogP contribution is -2.40. The Morgan fingerprint density at radius 1 is 1.05 bits per heavy atom. The van der Waals surface area contributed by atoms with Gasteiger partial charge in [-0.2, -0.15) is 0 Å². The average Bonchev–Trinajstić information content (AvgIpc) is 3.18. The van der Waals surface area contributed by atoms with Crippen LogP contribution in [0.5, 0.6) is 0 Å². The molecule has 38 heavy (non-hydrogen) atoms. The Morgan fingerprint density at radius 2 is 1.79 bits per heavy atom. The minimum Gasteiger partial charge on any atom is -0.446 e.